The maximum Gasteiger partial charge on any atom is 0.335 e. The van der Waals surface area contributed by atoms with E-state index in [1.165, 1.54) is 23.9 Å². The second-order valence-electron chi connectivity index (χ2n) is 8.60. The van der Waals surface area contributed by atoms with Crippen LogP contribution in [0.2, 0.25) is 0 Å². The Morgan fingerprint density at radius 3 is 2.18 bits per heavy atom. The zero-order chi connectivity index (χ0) is 27.4. The molecule has 1 amide bonds. The summed E-state index contributed by atoms with van der Waals surface area (Å²) in [5.41, 5.74) is 3.44. The van der Waals surface area contributed by atoms with E-state index < -0.39 is 5.97 Å². The van der Waals surface area contributed by atoms with Gasteiger partial charge in [-0.2, -0.15) is 0 Å². The highest BCUT2D eigenvalue weighted by Gasteiger charge is 2.34. The standard InChI is InChI=1S/C30H25N3O5S/c1-37-25-13-9-22(10-14-25)31-30-33(19-20-5-7-21(8-6-20)29(35)36)28(34)27(39-30)18-24-4-3-17-32(24)23-11-15-26(38-2)16-12-23/h3-18H,19H2,1-2H3,(H,35,36)/b27-18-,31-30?. The van der Waals surface area contributed by atoms with Crippen LogP contribution < -0.4 is 9.47 Å². The van der Waals surface area contributed by atoms with Gasteiger partial charge in [-0.25, -0.2) is 9.79 Å². The number of hydrogen-bond acceptors (Lipinski definition) is 6. The van der Waals surface area contributed by atoms with Crippen molar-refractivity contribution in [3.8, 4) is 17.2 Å². The molecule has 3 aromatic carbocycles. The monoisotopic (exact) mass is 539 g/mol. The molecule has 8 nitrogen and oxygen atoms in total. The van der Waals surface area contributed by atoms with Crippen molar-refractivity contribution in [2.24, 2.45) is 4.99 Å². The molecule has 1 N–H and O–H groups in total. The van der Waals surface area contributed by atoms with Crippen LogP contribution in [0.25, 0.3) is 11.8 Å². The first-order valence-electron chi connectivity index (χ1n) is 12.0. The zero-order valence-electron chi connectivity index (χ0n) is 21.3. The molecule has 1 aliphatic heterocycles. The first-order valence-corrected chi connectivity index (χ1v) is 12.8. The van der Waals surface area contributed by atoms with E-state index in [0.29, 0.717) is 21.5 Å². The summed E-state index contributed by atoms with van der Waals surface area (Å²) in [6.07, 6.45) is 3.79. The normalized spacial score (nSPS) is 15.2. The SMILES string of the molecule is COc1ccc(N=C2S/C(=C\c3cccn3-c3ccc(OC)cc3)C(=O)N2Cc2ccc(C(=O)O)cc2)cc1. The third kappa shape index (κ3) is 5.73. The fourth-order valence-corrected chi connectivity index (χ4v) is 5.04. The molecule has 0 unspecified atom stereocenters. The number of benzene rings is 3. The van der Waals surface area contributed by atoms with E-state index in [-0.39, 0.29) is 18.0 Å². The number of thioether (sulfide) groups is 1. The van der Waals surface area contributed by atoms with Gasteiger partial charge in [0.25, 0.3) is 5.91 Å². The third-order valence-electron chi connectivity index (χ3n) is 6.14. The molecule has 1 fully saturated rings. The molecule has 0 saturated carbocycles. The van der Waals surface area contributed by atoms with Crippen LogP contribution >= 0.6 is 11.8 Å². The molecule has 0 aliphatic carbocycles. The Hall–Kier alpha value is -4.76. The van der Waals surface area contributed by atoms with Gasteiger partial charge in [0, 0.05) is 17.6 Å². The summed E-state index contributed by atoms with van der Waals surface area (Å²) in [4.78, 5) is 31.8. The van der Waals surface area contributed by atoms with Gasteiger partial charge in [-0.05, 0) is 96.2 Å². The van der Waals surface area contributed by atoms with Crippen molar-refractivity contribution in [1.82, 2.24) is 9.47 Å². The van der Waals surface area contributed by atoms with Gasteiger partial charge >= 0.3 is 5.97 Å². The van der Waals surface area contributed by atoms with Crippen LogP contribution in [0, 0.1) is 0 Å². The Labute approximate surface area is 229 Å². The molecule has 2 heterocycles. The van der Waals surface area contributed by atoms with Crippen molar-refractivity contribution < 1.29 is 24.2 Å². The lowest BCUT2D eigenvalue weighted by Crippen LogP contribution is -2.28. The van der Waals surface area contributed by atoms with Crippen LogP contribution in [-0.2, 0) is 11.3 Å². The van der Waals surface area contributed by atoms with E-state index in [9.17, 15) is 14.7 Å². The lowest BCUT2D eigenvalue weighted by atomic mass is 10.1. The van der Waals surface area contributed by atoms with Gasteiger partial charge in [-0.3, -0.25) is 9.69 Å². The number of hydrogen-bond donors (Lipinski definition) is 1. The maximum absolute atomic E-state index is 13.7. The van der Waals surface area contributed by atoms with Crippen LogP contribution in [-0.4, -0.2) is 45.8 Å². The number of amidine groups is 1. The summed E-state index contributed by atoms with van der Waals surface area (Å²) in [6.45, 7) is 0.248. The van der Waals surface area contributed by atoms with Crippen LogP contribution in [0.1, 0.15) is 21.6 Å². The van der Waals surface area contributed by atoms with Gasteiger partial charge in [-0.1, -0.05) is 12.1 Å². The van der Waals surface area contributed by atoms with Crippen LogP contribution in [0.5, 0.6) is 11.5 Å². The number of amides is 1. The summed E-state index contributed by atoms with van der Waals surface area (Å²) < 4.78 is 12.5. The first kappa shape index (κ1) is 25.9. The highest BCUT2D eigenvalue weighted by atomic mass is 32.2. The van der Waals surface area contributed by atoms with E-state index in [1.54, 1.807) is 31.3 Å². The quantitative estimate of drug-likeness (QED) is 0.276. The number of methoxy groups -OCH3 is 2. The second-order valence-corrected chi connectivity index (χ2v) is 9.61. The predicted octanol–water partition coefficient (Wildman–Crippen LogP) is 6.00. The molecule has 0 radical (unpaired) electrons. The minimum atomic E-state index is -0.999. The number of aromatic nitrogens is 1. The third-order valence-corrected chi connectivity index (χ3v) is 7.14. The largest absolute Gasteiger partial charge is 0.497 e. The summed E-state index contributed by atoms with van der Waals surface area (Å²) >= 11 is 1.30. The van der Waals surface area contributed by atoms with Crippen molar-refractivity contribution in [2.45, 2.75) is 6.54 Å². The molecular formula is C30H25N3O5S. The number of carbonyl (C=O) groups is 2. The fourth-order valence-electron chi connectivity index (χ4n) is 4.06. The zero-order valence-corrected chi connectivity index (χ0v) is 22.1. The van der Waals surface area contributed by atoms with Crippen LogP contribution in [0.3, 0.4) is 0 Å². The minimum absolute atomic E-state index is 0.183. The molecule has 0 atom stereocenters. The van der Waals surface area contributed by atoms with E-state index in [1.807, 2.05) is 77.5 Å². The van der Waals surface area contributed by atoms with E-state index in [2.05, 4.69) is 0 Å². The Balaban J connectivity index is 1.48. The van der Waals surface area contributed by atoms with Crippen molar-refractivity contribution >= 4 is 40.6 Å². The average molecular weight is 540 g/mol. The molecule has 1 saturated heterocycles. The fraction of sp³-hybridized carbons (Fsp3) is 0.100. The number of nitrogens with zero attached hydrogens (tertiary/aromatic N) is 3. The minimum Gasteiger partial charge on any atom is -0.497 e. The lowest BCUT2D eigenvalue weighted by Gasteiger charge is -2.16. The van der Waals surface area contributed by atoms with E-state index in [4.69, 9.17) is 14.5 Å². The molecule has 9 heteroatoms. The molecule has 1 aliphatic rings. The lowest BCUT2D eigenvalue weighted by molar-refractivity contribution is -0.122. The Morgan fingerprint density at radius 2 is 1.56 bits per heavy atom. The molecule has 4 aromatic rings. The topological polar surface area (TPSA) is 93.4 Å². The summed E-state index contributed by atoms with van der Waals surface area (Å²) in [5.74, 6) is 0.293. The molecule has 0 bridgehead atoms. The van der Waals surface area contributed by atoms with Crippen LogP contribution in [0.15, 0.2) is 101 Å². The number of aliphatic imine (C=N–C) groups is 1. The molecule has 39 heavy (non-hydrogen) atoms. The summed E-state index contributed by atoms with van der Waals surface area (Å²) in [7, 11) is 3.23. The van der Waals surface area contributed by atoms with Gasteiger partial charge in [0.05, 0.1) is 36.9 Å². The smallest absolute Gasteiger partial charge is 0.335 e. The summed E-state index contributed by atoms with van der Waals surface area (Å²) in [6, 6.07) is 25.3. The molecule has 0 spiro atoms. The van der Waals surface area contributed by atoms with Crippen molar-refractivity contribution in [2.75, 3.05) is 14.2 Å². The highest BCUT2D eigenvalue weighted by Crippen LogP contribution is 2.36. The Kier molecular flexibility index (Phi) is 7.51. The number of rotatable bonds is 8. The first-order chi connectivity index (χ1) is 18.9. The Bertz CT molecular complexity index is 1560. The molecule has 1 aromatic heterocycles. The summed E-state index contributed by atoms with van der Waals surface area (Å²) in [5, 5.41) is 9.75. The van der Waals surface area contributed by atoms with Crippen LogP contribution in [0.4, 0.5) is 5.69 Å². The molecule has 196 valence electrons. The number of carbonyl (C=O) groups excluding carboxylic acids is 1. The van der Waals surface area contributed by atoms with E-state index in [0.717, 1.165) is 22.7 Å². The number of carboxylic acid groups (broad SMARTS) is 1. The maximum atomic E-state index is 13.7. The van der Waals surface area contributed by atoms with Gasteiger partial charge in [0.2, 0.25) is 0 Å². The van der Waals surface area contributed by atoms with Gasteiger partial charge in [0.1, 0.15) is 11.5 Å². The highest BCUT2D eigenvalue weighted by molar-refractivity contribution is 8.18. The predicted molar refractivity (Wildman–Crippen MR) is 152 cm³/mol. The van der Waals surface area contributed by atoms with Crippen molar-refractivity contribution in [3.05, 3.63) is 113 Å². The average Bonchev–Trinajstić information content (AvgIpc) is 3.54. The number of aromatic carboxylic acids is 1. The van der Waals surface area contributed by atoms with Gasteiger partial charge in [-0.15, -0.1) is 0 Å². The Morgan fingerprint density at radius 1 is 0.923 bits per heavy atom. The van der Waals surface area contributed by atoms with E-state index >= 15 is 0 Å². The van der Waals surface area contributed by atoms with Gasteiger partial charge < -0.3 is 19.1 Å². The number of ether oxygens (including phenoxy) is 2. The van der Waals surface area contributed by atoms with Crippen molar-refractivity contribution in [3.63, 3.8) is 0 Å². The second kappa shape index (κ2) is 11.3. The van der Waals surface area contributed by atoms with Gasteiger partial charge in [0.15, 0.2) is 5.17 Å². The molecular weight excluding hydrogens is 514 g/mol. The van der Waals surface area contributed by atoms with Crippen molar-refractivity contribution in [1.29, 1.82) is 0 Å². The molecule has 5 rings (SSSR count). The number of carboxylic acids is 1.